The minimum Gasteiger partial charge on any atom is -0.490 e. The Morgan fingerprint density at radius 2 is 2.07 bits per heavy atom. The van der Waals surface area contributed by atoms with E-state index in [0.29, 0.717) is 18.9 Å². The predicted molar refractivity (Wildman–Crippen MR) is 113 cm³/mol. The fourth-order valence-corrected chi connectivity index (χ4v) is 3.94. The summed E-state index contributed by atoms with van der Waals surface area (Å²) in [5, 5.41) is 13.1. The number of aryl methyl sites for hydroxylation is 2. The fourth-order valence-electron chi connectivity index (χ4n) is 3.94. The minimum atomic E-state index is -0.0735. The summed E-state index contributed by atoms with van der Waals surface area (Å²) in [6, 6.07) is 4.17. The van der Waals surface area contributed by atoms with E-state index in [9.17, 15) is 4.79 Å². The first kappa shape index (κ1) is 19.5. The van der Waals surface area contributed by atoms with Crippen molar-refractivity contribution < 1.29 is 9.53 Å². The van der Waals surface area contributed by atoms with Crippen LogP contribution in [0, 0.1) is 18.8 Å². The van der Waals surface area contributed by atoms with E-state index in [2.05, 4.69) is 47.7 Å². The number of carbonyl (C=O) groups is 1. The Hall–Kier alpha value is -2.83. The Kier molecular flexibility index (Phi) is 5.06. The van der Waals surface area contributed by atoms with Crippen LogP contribution >= 0.6 is 0 Å². The lowest BCUT2D eigenvalue weighted by atomic mass is 10.0. The van der Waals surface area contributed by atoms with Crippen LogP contribution in [0.5, 0.6) is 5.75 Å². The Bertz CT molecular complexity index is 1050. The van der Waals surface area contributed by atoms with Crippen molar-refractivity contribution in [3.63, 3.8) is 0 Å². The topological polar surface area (TPSA) is 74.0 Å². The standard InChI is InChI=1S/C22H29N5O2/c1-13(2)11-27-12-18(10-24-27)16-6-19-22(14(3)26(5)25-19)20(7-16)29-15(4)17-8-21(28)23-9-17/h6-7,10,12-13,15,17H,8-9,11H2,1-5H3,(H,23,28)/t15-,17?/m1/s1. The van der Waals surface area contributed by atoms with Crippen molar-refractivity contribution in [1.29, 1.82) is 0 Å². The largest absolute Gasteiger partial charge is 0.490 e. The number of benzene rings is 1. The molecule has 154 valence electrons. The first-order valence-electron chi connectivity index (χ1n) is 10.3. The number of ether oxygens (including phenoxy) is 1. The highest BCUT2D eigenvalue weighted by atomic mass is 16.5. The lowest BCUT2D eigenvalue weighted by Crippen LogP contribution is -2.25. The summed E-state index contributed by atoms with van der Waals surface area (Å²) in [5.74, 6) is 1.61. The molecule has 7 heteroatoms. The molecule has 0 spiro atoms. The molecule has 1 unspecified atom stereocenters. The molecule has 3 heterocycles. The average molecular weight is 396 g/mol. The molecular formula is C22H29N5O2. The van der Waals surface area contributed by atoms with Gasteiger partial charge in [-0.15, -0.1) is 0 Å². The van der Waals surface area contributed by atoms with Crippen LogP contribution < -0.4 is 10.1 Å². The smallest absolute Gasteiger partial charge is 0.220 e. The average Bonchev–Trinajstić information content (AvgIpc) is 3.35. The molecule has 4 rings (SSSR count). The highest BCUT2D eigenvalue weighted by molar-refractivity contribution is 5.92. The Morgan fingerprint density at radius 3 is 2.76 bits per heavy atom. The molecule has 29 heavy (non-hydrogen) atoms. The Balaban J connectivity index is 1.71. The number of hydrogen-bond acceptors (Lipinski definition) is 4. The van der Waals surface area contributed by atoms with Crippen LogP contribution in [0.1, 0.15) is 32.9 Å². The van der Waals surface area contributed by atoms with Gasteiger partial charge in [-0.1, -0.05) is 13.8 Å². The van der Waals surface area contributed by atoms with Gasteiger partial charge in [0.2, 0.25) is 5.91 Å². The summed E-state index contributed by atoms with van der Waals surface area (Å²) < 4.78 is 10.3. The number of fused-ring (bicyclic) bond motifs is 1. The first-order chi connectivity index (χ1) is 13.8. The van der Waals surface area contributed by atoms with E-state index in [-0.39, 0.29) is 17.9 Å². The maximum absolute atomic E-state index is 11.6. The molecule has 1 saturated heterocycles. The van der Waals surface area contributed by atoms with Gasteiger partial charge in [0.15, 0.2) is 0 Å². The molecule has 2 aromatic heterocycles. The van der Waals surface area contributed by atoms with Crippen molar-refractivity contribution in [1.82, 2.24) is 24.9 Å². The first-order valence-corrected chi connectivity index (χ1v) is 10.3. The van der Waals surface area contributed by atoms with E-state index in [1.807, 2.05) is 36.5 Å². The molecule has 1 aliphatic heterocycles. The van der Waals surface area contributed by atoms with E-state index >= 15 is 0 Å². The van der Waals surface area contributed by atoms with Crippen molar-refractivity contribution in [2.24, 2.45) is 18.9 Å². The monoisotopic (exact) mass is 395 g/mol. The molecule has 3 aromatic rings. The van der Waals surface area contributed by atoms with Crippen LogP contribution in [0.3, 0.4) is 0 Å². The van der Waals surface area contributed by atoms with Gasteiger partial charge in [-0.2, -0.15) is 10.2 Å². The molecule has 0 saturated carbocycles. The number of rotatable bonds is 6. The minimum absolute atomic E-state index is 0.0735. The zero-order valence-corrected chi connectivity index (χ0v) is 17.8. The second-order valence-corrected chi connectivity index (χ2v) is 8.51. The third-order valence-corrected chi connectivity index (χ3v) is 5.69. The Labute approximate surface area is 171 Å². The van der Waals surface area contributed by atoms with Gasteiger partial charge in [0.1, 0.15) is 11.9 Å². The number of nitrogens with zero attached hydrogens (tertiary/aromatic N) is 4. The normalized spacial score (nSPS) is 17.9. The highest BCUT2D eigenvalue weighted by Gasteiger charge is 2.28. The van der Waals surface area contributed by atoms with Gasteiger partial charge in [0.05, 0.1) is 17.1 Å². The predicted octanol–water partition coefficient (Wildman–Crippen LogP) is 3.30. The molecule has 2 atom stereocenters. The summed E-state index contributed by atoms with van der Waals surface area (Å²) in [5.41, 5.74) is 4.05. The summed E-state index contributed by atoms with van der Waals surface area (Å²) >= 11 is 0. The quantitative estimate of drug-likeness (QED) is 0.695. The zero-order chi connectivity index (χ0) is 20.7. The van der Waals surface area contributed by atoms with E-state index in [0.717, 1.165) is 40.0 Å². The van der Waals surface area contributed by atoms with Crippen LogP contribution in [-0.2, 0) is 18.4 Å². The molecule has 0 aliphatic carbocycles. The molecule has 1 fully saturated rings. The summed E-state index contributed by atoms with van der Waals surface area (Å²) in [7, 11) is 1.95. The van der Waals surface area contributed by atoms with Crippen molar-refractivity contribution in [3.8, 4) is 16.9 Å². The number of amides is 1. The van der Waals surface area contributed by atoms with Gasteiger partial charge in [-0.25, -0.2) is 0 Å². The van der Waals surface area contributed by atoms with Crippen LogP contribution in [0.15, 0.2) is 24.5 Å². The molecule has 1 aliphatic rings. The van der Waals surface area contributed by atoms with Gasteiger partial charge in [-0.3, -0.25) is 14.2 Å². The second kappa shape index (κ2) is 7.54. The van der Waals surface area contributed by atoms with Crippen LogP contribution in [0.25, 0.3) is 22.0 Å². The Morgan fingerprint density at radius 1 is 1.28 bits per heavy atom. The van der Waals surface area contributed by atoms with E-state index in [4.69, 9.17) is 4.74 Å². The third-order valence-electron chi connectivity index (χ3n) is 5.69. The third kappa shape index (κ3) is 3.86. The van der Waals surface area contributed by atoms with Crippen LogP contribution in [0.4, 0.5) is 0 Å². The number of carbonyl (C=O) groups excluding carboxylic acids is 1. The maximum atomic E-state index is 11.6. The maximum Gasteiger partial charge on any atom is 0.220 e. The molecule has 1 aromatic carbocycles. The molecule has 1 amide bonds. The second-order valence-electron chi connectivity index (χ2n) is 8.51. The van der Waals surface area contributed by atoms with Gasteiger partial charge >= 0.3 is 0 Å². The fraction of sp³-hybridized carbons (Fsp3) is 0.500. The van der Waals surface area contributed by atoms with Gasteiger partial charge < -0.3 is 10.1 Å². The lowest BCUT2D eigenvalue weighted by Gasteiger charge is -2.20. The summed E-state index contributed by atoms with van der Waals surface area (Å²) in [4.78, 5) is 11.6. The van der Waals surface area contributed by atoms with Gasteiger partial charge in [0.25, 0.3) is 0 Å². The van der Waals surface area contributed by atoms with E-state index in [1.165, 1.54) is 0 Å². The summed E-state index contributed by atoms with van der Waals surface area (Å²) in [6.45, 7) is 9.99. The summed E-state index contributed by atoms with van der Waals surface area (Å²) in [6.07, 6.45) is 4.41. The van der Waals surface area contributed by atoms with Gasteiger partial charge in [0, 0.05) is 49.9 Å². The van der Waals surface area contributed by atoms with Crippen molar-refractivity contribution in [2.75, 3.05) is 6.54 Å². The molecule has 0 radical (unpaired) electrons. The molecule has 0 bridgehead atoms. The van der Waals surface area contributed by atoms with Crippen molar-refractivity contribution >= 4 is 16.8 Å². The van der Waals surface area contributed by atoms with Crippen molar-refractivity contribution in [2.45, 2.75) is 46.8 Å². The molecule has 1 N–H and O–H groups in total. The number of nitrogens with one attached hydrogen (secondary N) is 1. The van der Waals surface area contributed by atoms with Crippen LogP contribution in [0.2, 0.25) is 0 Å². The number of hydrogen-bond donors (Lipinski definition) is 1. The SMILES string of the molecule is Cc1c2c(O[C@H](C)C3CNC(=O)C3)cc(-c3cnn(CC(C)C)c3)cc2nn1C. The molecule has 7 nitrogen and oxygen atoms in total. The zero-order valence-electron chi connectivity index (χ0n) is 17.8. The van der Waals surface area contributed by atoms with Crippen LogP contribution in [-0.4, -0.2) is 38.1 Å². The highest BCUT2D eigenvalue weighted by Crippen LogP contribution is 2.35. The van der Waals surface area contributed by atoms with Crippen molar-refractivity contribution in [3.05, 3.63) is 30.2 Å². The van der Waals surface area contributed by atoms with Gasteiger partial charge in [-0.05, 0) is 37.5 Å². The molecular weight excluding hydrogens is 366 g/mol. The lowest BCUT2D eigenvalue weighted by molar-refractivity contribution is -0.119. The van der Waals surface area contributed by atoms with E-state index < -0.39 is 0 Å². The number of aromatic nitrogens is 4. The van der Waals surface area contributed by atoms with E-state index in [1.54, 1.807) is 0 Å².